The van der Waals surface area contributed by atoms with E-state index in [1.165, 1.54) is 4.90 Å². The molecule has 0 fully saturated rings. The number of allylic oxidation sites excluding steroid dienone is 1. The lowest BCUT2D eigenvalue weighted by Crippen LogP contribution is -2.34. The molecule has 0 bridgehead atoms. The molecule has 0 saturated carbocycles. The highest BCUT2D eigenvalue weighted by molar-refractivity contribution is 7.86. The quantitative estimate of drug-likeness (QED) is 0.495. The van der Waals surface area contributed by atoms with Crippen LogP contribution < -0.4 is 11.1 Å². The Balaban J connectivity index is -0.000000279. The number of unbranched alkanes of at least 4 members (excludes halogenated alkanes) is 1. The van der Waals surface area contributed by atoms with Crippen LogP contribution in [0.25, 0.3) is 0 Å². The van der Waals surface area contributed by atoms with Gasteiger partial charge < -0.3 is 11.1 Å². The number of amides is 1. The Kier molecular flexibility index (Phi) is 17.7. The van der Waals surface area contributed by atoms with E-state index in [2.05, 4.69) is 12.2 Å². The standard InChI is InChI=1S/C7H13NO.C5H13NO3S.C2H7N/c1-3-4-5-6(2)7(8)9;1-4-5(6(2)3)10(7,8)9;1-3-2/h5H,3-4H2,1-2H3,(H2,8,9);5H,4H2,1-3H3,(H,7,8,9);3H,1-2H3. The van der Waals surface area contributed by atoms with E-state index in [0.29, 0.717) is 12.0 Å². The summed E-state index contributed by atoms with van der Waals surface area (Å²) in [6.07, 6.45) is 4.26. The van der Waals surface area contributed by atoms with Crippen LogP contribution >= 0.6 is 0 Å². The molecule has 1 unspecified atom stereocenters. The number of nitrogens with two attached hydrogens (primary N) is 1. The Bertz CT molecular complexity index is 406. The van der Waals surface area contributed by atoms with E-state index in [0.717, 1.165) is 12.8 Å². The van der Waals surface area contributed by atoms with Crippen molar-refractivity contribution < 1.29 is 17.8 Å². The summed E-state index contributed by atoms with van der Waals surface area (Å²) in [7, 11) is 3.09. The Morgan fingerprint density at radius 3 is 1.86 bits per heavy atom. The monoisotopic (exact) mass is 339 g/mol. The van der Waals surface area contributed by atoms with Crippen LogP contribution in [0.5, 0.6) is 0 Å². The fraction of sp³-hybridized carbons (Fsp3) is 0.786. The molecule has 4 N–H and O–H groups in total. The van der Waals surface area contributed by atoms with Gasteiger partial charge in [0.2, 0.25) is 5.91 Å². The van der Waals surface area contributed by atoms with Crippen LogP contribution in [-0.4, -0.2) is 57.3 Å². The van der Waals surface area contributed by atoms with Crippen molar-refractivity contribution in [2.24, 2.45) is 5.73 Å². The third-order valence-electron chi connectivity index (χ3n) is 2.40. The Labute approximate surface area is 135 Å². The molecule has 0 heterocycles. The molecule has 0 saturated heterocycles. The van der Waals surface area contributed by atoms with Crippen molar-refractivity contribution in [2.75, 3.05) is 28.2 Å². The highest BCUT2D eigenvalue weighted by atomic mass is 32.2. The normalized spacial score (nSPS) is 12.7. The van der Waals surface area contributed by atoms with E-state index in [-0.39, 0.29) is 5.91 Å². The van der Waals surface area contributed by atoms with Gasteiger partial charge >= 0.3 is 0 Å². The van der Waals surface area contributed by atoms with E-state index < -0.39 is 15.5 Å². The molecule has 1 amide bonds. The maximum absolute atomic E-state index is 10.5. The number of hydrogen-bond donors (Lipinski definition) is 3. The number of nitrogens with one attached hydrogen (secondary N) is 1. The van der Waals surface area contributed by atoms with Gasteiger partial charge in [-0.15, -0.1) is 0 Å². The number of carbonyl (C=O) groups excluding carboxylic acids is 1. The van der Waals surface area contributed by atoms with Gasteiger partial charge in [-0.25, -0.2) is 0 Å². The average Bonchev–Trinajstić information content (AvgIpc) is 2.35. The van der Waals surface area contributed by atoms with Crippen molar-refractivity contribution in [1.29, 1.82) is 0 Å². The maximum Gasteiger partial charge on any atom is 0.281 e. The Morgan fingerprint density at radius 1 is 1.32 bits per heavy atom. The van der Waals surface area contributed by atoms with Crippen molar-refractivity contribution in [1.82, 2.24) is 10.2 Å². The summed E-state index contributed by atoms with van der Waals surface area (Å²) in [6.45, 7) is 5.50. The predicted octanol–water partition coefficient (Wildman–Crippen LogP) is 1.23. The van der Waals surface area contributed by atoms with Gasteiger partial charge in [0, 0.05) is 5.57 Å². The first-order valence-corrected chi connectivity index (χ1v) is 8.67. The molecule has 0 aromatic carbocycles. The predicted molar refractivity (Wildman–Crippen MR) is 92.2 cm³/mol. The lowest BCUT2D eigenvalue weighted by molar-refractivity contribution is -0.114. The largest absolute Gasteiger partial charge is 0.366 e. The summed E-state index contributed by atoms with van der Waals surface area (Å²) in [5.74, 6) is -0.316. The summed E-state index contributed by atoms with van der Waals surface area (Å²) in [5.41, 5.74) is 5.63. The van der Waals surface area contributed by atoms with Gasteiger partial charge in [-0.2, -0.15) is 8.42 Å². The highest BCUT2D eigenvalue weighted by Crippen LogP contribution is 2.05. The Morgan fingerprint density at radius 2 is 1.73 bits per heavy atom. The zero-order valence-corrected chi connectivity index (χ0v) is 15.7. The summed E-state index contributed by atoms with van der Waals surface area (Å²) in [6, 6.07) is 0. The van der Waals surface area contributed by atoms with Crippen molar-refractivity contribution >= 4 is 16.0 Å². The molecular formula is C14H33N3O4S. The molecule has 7 nitrogen and oxygen atoms in total. The zero-order valence-electron chi connectivity index (χ0n) is 14.9. The summed E-state index contributed by atoms with van der Waals surface area (Å²) >= 11 is 0. The fourth-order valence-corrected chi connectivity index (χ4v) is 2.26. The number of rotatable bonds is 6. The van der Waals surface area contributed by atoms with E-state index in [4.69, 9.17) is 10.3 Å². The van der Waals surface area contributed by atoms with Crippen LogP contribution in [0.3, 0.4) is 0 Å². The molecule has 134 valence electrons. The number of hydrogen-bond acceptors (Lipinski definition) is 5. The number of primary amides is 1. The lowest BCUT2D eigenvalue weighted by Gasteiger charge is -2.18. The van der Waals surface area contributed by atoms with Gasteiger partial charge in [0.25, 0.3) is 10.1 Å². The Hall–Kier alpha value is -0.960. The number of nitrogens with zero attached hydrogens (tertiary/aromatic N) is 1. The molecule has 0 rings (SSSR count). The molecule has 22 heavy (non-hydrogen) atoms. The first kappa shape index (κ1) is 26.0. The van der Waals surface area contributed by atoms with Crippen LogP contribution in [0.1, 0.15) is 40.0 Å². The van der Waals surface area contributed by atoms with Crippen LogP contribution in [-0.2, 0) is 14.9 Å². The van der Waals surface area contributed by atoms with Crippen LogP contribution in [0, 0.1) is 0 Å². The second-order valence-electron chi connectivity index (χ2n) is 4.88. The molecule has 0 aliphatic heterocycles. The smallest absolute Gasteiger partial charge is 0.281 e. The van der Waals surface area contributed by atoms with E-state index >= 15 is 0 Å². The van der Waals surface area contributed by atoms with E-state index in [1.54, 1.807) is 27.9 Å². The minimum atomic E-state index is -3.89. The summed E-state index contributed by atoms with van der Waals surface area (Å²) in [4.78, 5) is 11.8. The molecule has 8 heteroatoms. The van der Waals surface area contributed by atoms with Crippen molar-refractivity contribution in [2.45, 2.75) is 45.4 Å². The second kappa shape index (κ2) is 15.0. The van der Waals surface area contributed by atoms with Gasteiger partial charge in [0.15, 0.2) is 0 Å². The molecule has 0 aromatic rings. The number of carbonyl (C=O) groups is 1. The van der Waals surface area contributed by atoms with E-state index in [9.17, 15) is 13.2 Å². The van der Waals surface area contributed by atoms with Crippen molar-refractivity contribution in [3.63, 3.8) is 0 Å². The van der Waals surface area contributed by atoms with Gasteiger partial charge in [-0.05, 0) is 48.0 Å². The van der Waals surface area contributed by atoms with Crippen molar-refractivity contribution in [3.05, 3.63) is 11.6 Å². The third-order valence-corrected chi connectivity index (χ3v) is 3.84. The topological polar surface area (TPSA) is 113 Å². The minimum Gasteiger partial charge on any atom is -0.366 e. The fourth-order valence-electron chi connectivity index (χ4n) is 1.30. The average molecular weight is 340 g/mol. The minimum absolute atomic E-state index is 0.316. The third kappa shape index (κ3) is 17.1. The first-order chi connectivity index (χ1) is 9.99. The molecule has 0 spiro atoms. The summed E-state index contributed by atoms with van der Waals surface area (Å²) < 4.78 is 29.6. The van der Waals surface area contributed by atoms with Crippen LogP contribution in [0.4, 0.5) is 0 Å². The SMILES string of the molecule is CCC(N(C)C)S(=O)(=O)O.CCCC=C(C)C(N)=O.CNC. The lowest BCUT2D eigenvalue weighted by atomic mass is 10.2. The zero-order chi connectivity index (χ0) is 18.3. The van der Waals surface area contributed by atoms with Gasteiger partial charge in [0.05, 0.1) is 0 Å². The molecule has 0 aliphatic rings. The molecular weight excluding hydrogens is 306 g/mol. The van der Waals surface area contributed by atoms with E-state index in [1.807, 2.05) is 20.2 Å². The van der Waals surface area contributed by atoms with Crippen molar-refractivity contribution in [3.8, 4) is 0 Å². The first-order valence-electron chi connectivity index (χ1n) is 7.17. The molecule has 0 radical (unpaired) electrons. The van der Waals surface area contributed by atoms with Crippen LogP contribution in [0.15, 0.2) is 11.6 Å². The van der Waals surface area contributed by atoms with Crippen LogP contribution in [0.2, 0.25) is 0 Å². The molecule has 0 aliphatic carbocycles. The van der Waals surface area contributed by atoms with Gasteiger partial charge in [0.1, 0.15) is 5.37 Å². The maximum atomic E-state index is 10.5. The van der Waals surface area contributed by atoms with Gasteiger partial charge in [-0.3, -0.25) is 14.2 Å². The molecule has 0 aromatic heterocycles. The summed E-state index contributed by atoms with van der Waals surface area (Å²) in [5, 5.41) is 1.98. The van der Waals surface area contributed by atoms with Gasteiger partial charge in [-0.1, -0.05) is 26.3 Å². The molecule has 1 atom stereocenters. The second-order valence-corrected chi connectivity index (χ2v) is 6.46. The highest BCUT2D eigenvalue weighted by Gasteiger charge is 2.22.